The first kappa shape index (κ1) is 9.53. The molecule has 0 aromatic heterocycles. The Hall–Kier alpha value is -1.02. The molecular formula is C11H12ClNO. The average molecular weight is 210 g/mol. The van der Waals surface area contributed by atoms with Crippen LogP contribution in [-0.2, 0) is 4.79 Å². The van der Waals surface area contributed by atoms with Gasteiger partial charge in [0.25, 0.3) is 0 Å². The highest BCUT2D eigenvalue weighted by molar-refractivity contribution is 6.31. The van der Waals surface area contributed by atoms with Gasteiger partial charge in [-0.25, -0.2) is 0 Å². The van der Waals surface area contributed by atoms with Crippen LogP contribution in [0.25, 0.3) is 0 Å². The van der Waals surface area contributed by atoms with Crippen molar-refractivity contribution in [1.29, 1.82) is 0 Å². The lowest BCUT2D eigenvalue weighted by Crippen LogP contribution is -2.32. The molecule has 1 aromatic carbocycles. The van der Waals surface area contributed by atoms with E-state index < -0.39 is 0 Å². The van der Waals surface area contributed by atoms with Gasteiger partial charge in [-0.05, 0) is 24.0 Å². The lowest BCUT2D eigenvalue weighted by atomic mass is 9.90. The predicted molar refractivity (Wildman–Crippen MR) is 56.4 cm³/mol. The van der Waals surface area contributed by atoms with Crippen molar-refractivity contribution in [2.45, 2.75) is 18.8 Å². The Bertz CT molecular complexity index is 351. The van der Waals surface area contributed by atoms with Gasteiger partial charge in [0.15, 0.2) is 0 Å². The molecule has 1 amide bonds. The molecule has 1 fully saturated rings. The predicted octanol–water partition coefficient (Wildman–Crippen LogP) is 2.33. The van der Waals surface area contributed by atoms with E-state index in [2.05, 4.69) is 5.32 Å². The summed E-state index contributed by atoms with van der Waals surface area (Å²) in [5.41, 5.74) is 1.10. The molecule has 0 aliphatic carbocycles. The van der Waals surface area contributed by atoms with Crippen molar-refractivity contribution in [3.05, 3.63) is 34.9 Å². The third kappa shape index (κ3) is 1.90. The Balaban J connectivity index is 2.22. The maximum absolute atomic E-state index is 11.2. The van der Waals surface area contributed by atoms with E-state index in [1.165, 1.54) is 0 Å². The summed E-state index contributed by atoms with van der Waals surface area (Å²) in [5.74, 6) is 0.415. The minimum absolute atomic E-state index is 0.126. The topological polar surface area (TPSA) is 29.1 Å². The fourth-order valence-corrected chi connectivity index (χ4v) is 2.15. The zero-order valence-corrected chi connectivity index (χ0v) is 8.55. The van der Waals surface area contributed by atoms with Crippen LogP contribution in [0.3, 0.4) is 0 Å². The Kier molecular flexibility index (Phi) is 2.73. The van der Waals surface area contributed by atoms with Crippen LogP contribution in [0.1, 0.15) is 24.3 Å². The molecule has 14 heavy (non-hydrogen) atoms. The molecule has 1 heterocycles. The highest BCUT2D eigenvalue weighted by atomic mass is 35.5. The first-order valence-electron chi connectivity index (χ1n) is 4.78. The Labute approximate surface area is 88.3 Å². The van der Waals surface area contributed by atoms with Crippen LogP contribution >= 0.6 is 11.6 Å². The number of hydrogen-bond acceptors (Lipinski definition) is 1. The number of piperidine rings is 1. The Morgan fingerprint density at radius 2 is 2.14 bits per heavy atom. The molecule has 1 aliphatic rings. The number of benzene rings is 1. The number of nitrogens with one attached hydrogen (secondary N) is 1. The zero-order chi connectivity index (χ0) is 9.97. The molecule has 2 nitrogen and oxygen atoms in total. The summed E-state index contributed by atoms with van der Waals surface area (Å²) in [7, 11) is 0. The number of carbonyl (C=O) groups is 1. The summed E-state index contributed by atoms with van der Waals surface area (Å²) in [4.78, 5) is 11.2. The molecule has 1 N–H and O–H groups in total. The quantitative estimate of drug-likeness (QED) is 0.756. The van der Waals surface area contributed by atoms with E-state index in [9.17, 15) is 4.79 Å². The van der Waals surface area contributed by atoms with E-state index in [0.29, 0.717) is 6.42 Å². The van der Waals surface area contributed by atoms with Crippen molar-refractivity contribution >= 4 is 17.5 Å². The monoisotopic (exact) mass is 209 g/mol. The van der Waals surface area contributed by atoms with Gasteiger partial charge in [0.2, 0.25) is 5.91 Å². The number of rotatable bonds is 1. The van der Waals surface area contributed by atoms with Gasteiger partial charge in [-0.15, -0.1) is 0 Å². The van der Waals surface area contributed by atoms with Crippen LogP contribution in [0.4, 0.5) is 0 Å². The number of halogens is 1. The third-order valence-electron chi connectivity index (χ3n) is 2.59. The van der Waals surface area contributed by atoms with E-state index >= 15 is 0 Å². The van der Waals surface area contributed by atoms with Gasteiger partial charge in [0, 0.05) is 18.0 Å². The van der Waals surface area contributed by atoms with E-state index in [1.807, 2.05) is 24.3 Å². The molecule has 1 atom stereocenters. The number of hydrogen-bond donors (Lipinski definition) is 1. The molecule has 0 saturated carbocycles. The summed E-state index contributed by atoms with van der Waals surface area (Å²) in [5, 5.41) is 3.59. The van der Waals surface area contributed by atoms with E-state index in [-0.39, 0.29) is 11.8 Å². The fraction of sp³-hybridized carbons (Fsp3) is 0.364. The largest absolute Gasteiger partial charge is 0.356 e. The normalized spacial score (nSPS) is 21.8. The summed E-state index contributed by atoms with van der Waals surface area (Å²) < 4.78 is 0. The molecule has 1 unspecified atom stereocenters. The third-order valence-corrected chi connectivity index (χ3v) is 2.94. The van der Waals surface area contributed by atoms with Crippen LogP contribution in [0, 0.1) is 0 Å². The summed E-state index contributed by atoms with van der Waals surface area (Å²) in [6.07, 6.45) is 1.54. The SMILES string of the molecule is O=C1CC(c2ccccc2Cl)CCN1. The molecule has 3 heteroatoms. The minimum Gasteiger partial charge on any atom is -0.356 e. The van der Waals surface area contributed by atoms with Gasteiger partial charge in [0.1, 0.15) is 0 Å². The van der Waals surface area contributed by atoms with Gasteiger partial charge in [-0.2, -0.15) is 0 Å². The standard InChI is InChI=1S/C11H12ClNO/c12-10-4-2-1-3-9(10)8-5-6-13-11(14)7-8/h1-4,8H,5-7H2,(H,13,14). The van der Waals surface area contributed by atoms with Crippen molar-refractivity contribution in [1.82, 2.24) is 5.32 Å². The van der Waals surface area contributed by atoms with Crippen molar-refractivity contribution < 1.29 is 4.79 Å². The zero-order valence-electron chi connectivity index (χ0n) is 7.79. The average Bonchev–Trinajstić information content (AvgIpc) is 2.18. The van der Waals surface area contributed by atoms with E-state index in [4.69, 9.17) is 11.6 Å². The minimum atomic E-state index is 0.126. The van der Waals surface area contributed by atoms with Gasteiger partial charge in [0.05, 0.1) is 0 Å². The van der Waals surface area contributed by atoms with E-state index in [0.717, 1.165) is 23.6 Å². The van der Waals surface area contributed by atoms with Crippen molar-refractivity contribution in [3.8, 4) is 0 Å². The van der Waals surface area contributed by atoms with Gasteiger partial charge < -0.3 is 5.32 Å². The molecule has 0 radical (unpaired) electrons. The second-order valence-electron chi connectivity index (χ2n) is 3.56. The van der Waals surface area contributed by atoms with Crippen LogP contribution in [0.15, 0.2) is 24.3 Å². The molecular weight excluding hydrogens is 198 g/mol. The smallest absolute Gasteiger partial charge is 0.220 e. The second kappa shape index (κ2) is 4.01. The van der Waals surface area contributed by atoms with Crippen molar-refractivity contribution in [3.63, 3.8) is 0 Å². The molecule has 1 aromatic rings. The second-order valence-corrected chi connectivity index (χ2v) is 3.97. The van der Waals surface area contributed by atoms with Gasteiger partial charge in [-0.3, -0.25) is 4.79 Å². The highest BCUT2D eigenvalue weighted by Crippen LogP contribution is 2.30. The van der Waals surface area contributed by atoms with Crippen molar-refractivity contribution in [2.24, 2.45) is 0 Å². The summed E-state index contributed by atoms with van der Waals surface area (Å²) >= 11 is 6.07. The maximum atomic E-state index is 11.2. The lowest BCUT2D eigenvalue weighted by molar-refractivity contribution is -0.122. The molecule has 0 spiro atoms. The van der Waals surface area contributed by atoms with Crippen molar-refractivity contribution in [2.75, 3.05) is 6.54 Å². The highest BCUT2D eigenvalue weighted by Gasteiger charge is 2.21. The van der Waals surface area contributed by atoms with Crippen LogP contribution in [0.5, 0.6) is 0 Å². The van der Waals surface area contributed by atoms with Crippen LogP contribution < -0.4 is 5.32 Å². The molecule has 1 aliphatic heterocycles. The first-order chi connectivity index (χ1) is 6.77. The lowest BCUT2D eigenvalue weighted by Gasteiger charge is -2.23. The maximum Gasteiger partial charge on any atom is 0.220 e. The first-order valence-corrected chi connectivity index (χ1v) is 5.16. The molecule has 2 rings (SSSR count). The van der Waals surface area contributed by atoms with E-state index in [1.54, 1.807) is 0 Å². The molecule has 74 valence electrons. The number of amides is 1. The Morgan fingerprint density at radius 3 is 2.86 bits per heavy atom. The van der Waals surface area contributed by atoms with Crippen LogP contribution in [-0.4, -0.2) is 12.5 Å². The van der Waals surface area contributed by atoms with Gasteiger partial charge >= 0.3 is 0 Å². The summed E-state index contributed by atoms with van der Waals surface area (Å²) in [6.45, 7) is 0.759. The van der Waals surface area contributed by atoms with Gasteiger partial charge in [-0.1, -0.05) is 29.8 Å². The summed E-state index contributed by atoms with van der Waals surface area (Å²) in [6, 6.07) is 7.76. The number of carbonyl (C=O) groups excluding carboxylic acids is 1. The molecule has 1 saturated heterocycles. The Morgan fingerprint density at radius 1 is 1.36 bits per heavy atom. The van der Waals surface area contributed by atoms with Crippen LogP contribution in [0.2, 0.25) is 5.02 Å². The fourth-order valence-electron chi connectivity index (χ4n) is 1.86. The molecule has 0 bridgehead atoms.